The van der Waals surface area contributed by atoms with E-state index in [1.54, 1.807) is 0 Å². The Balaban J connectivity index is 2.27. The van der Waals surface area contributed by atoms with E-state index in [2.05, 4.69) is 12.2 Å². The second kappa shape index (κ2) is 10.3. The summed E-state index contributed by atoms with van der Waals surface area (Å²) in [7, 11) is 0. The van der Waals surface area contributed by atoms with Crippen LogP contribution in [-0.4, -0.2) is 10.9 Å². The molecule has 3 N–H and O–H groups in total. The Kier molecular flexibility index (Phi) is 8.67. The second-order valence-electron chi connectivity index (χ2n) is 5.33. The molecule has 0 saturated carbocycles. The third kappa shape index (κ3) is 7.23. The van der Waals surface area contributed by atoms with Crippen molar-refractivity contribution in [2.45, 2.75) is 58.3 Å². The van der Waals surface area contributed by atoms with Crippen LogP contribution in [0.2, 0.25) is 0 Å². The average molecular weight is 306 g/mol. The van der Waals surface area contributed by atoms with Crippen LogP contribution in [0.5, 0.6) is 0 Å². The minimum absolute atomic E-state index is 0.0345. The zero-order chi connectivity index (χ0) is 15.5. The lowest BCUT2D eigenvalue weighted by atomic mass is 10.1. The number of benzene rings is 1. The first kappa shape index (κ1) is 17.6. The maximum absolute atomic E-state index is 11.9. The molecule has 0 aliphatic heterocycles. The van der Waals surface area contributed by atoms with Gasteiger partial charge in [-0.05, 0) is 18.6 Å². The Morgan fingerprint density at radius 2 is 1.71 bits per heavy atom. The smallest absolute Gasteiger partial charge is 0.224 e. The van der Waals surface area contributed by atoms with Crippen molar-refractivity contribution >= 4 is 28.8 Å². The number of thiocarbonyl (C=S) groups is 1. The van der Waals surface area contributed by atoms with E-state index >= 15 is 0 Å². The molecule has 116 valence electrons. The largest absolute Gasteiger partial charge is 0.389 e. The van der Waals surface area contributed by atoms with Gasteiger partial charge in [0.2, 0.25) is 5.91 Å². The number of nitrogens with one attached hydrogen (secondary N) is 1. The topological polar surface area (TPSA) is 55.1 Å². The molecule has 1 amide bonds. The van der Waals surface area contributed by atoms with Crippen LogP contribution in [-0.2, 0) is 4.79 Å². The Bertz CT molecular complexity index is 460. The van der Waals surface area contributed by atoms with E-state index in [0.717, 1.165) is 18.4 Å². The van der Waals surface area contributed by atoms with E-state index < -0.39 is 0 Å². The fourth-order valence-corrected chi connectivity index (χ4v) is 2.44. The molecule has 1 aromatic carbocycles. The molecule has 0 heterocycles. The third-order valence-electron chi connectivity index (χ3n) is 3.47. The van der Waals surface area contributed by atoms with E-state index in [-0.39, 0.29) is 5.91 Å². The fourth-order valence-electron chi connectivity index (χ4n) is 2.26. The molecule has 0 radical (unpaired) electrons. The molecule has 0 bridgehead atoms. The number of rotatable bonds is 10. The fraction of sp³-hybridized carbons (Fsp3) is 0.529. The highest BCUT2D eigenvalue weighted by atomic mass is 32.1. The lowest BCUT2D eigenvalue weighted by Crippen LogP contribution is -2.17. The number of para-hydroxylation sites is 1. The van der Waals surface area contributed by atoms with Crippen molar-refractivity contribution in [1.29, 1.82) is 0 Å². The molecule has 0 saturated heterocycles. The summed E-state index contributed by atoms with van der Waals surface area (Å²) < 4.78 is 0. The standard InChI is InChI=1S/C17H26N2OS/c1-2-3-4-5-6-7-8-13-16(20)19-15-12-10-9-11-14(15)17(18)21/h9-12H,2-8,13H2,1H3,(H2,18,21)(H,19,20). The van der Waals surface area contributed by atoms with Crippen molar-refractivity contribution in [3.63, 3.8) is 0 Å². The molecular weight excluding hydrogens is 280 g/mol. The van der Waals surface area contributed by atoms with Gasteiger partial charge in [0.05, 0.1) is 5.69 Å². The van der Waals surface area contributed by atoms with Gasteiger partial charge in [-0.1, -0.05) is 69.8 Å². The number of carbonyl (C=O) groups excluding carboxylic acids is 1. The number of unbranched alkanes of at least 4 members (excludes halogenated alkanes) is 6. The first-order valence-electron chi connectivity index (χ1n) is 7.83. The predicted octanol–water partition coefficient (Wildman–Crippen LogP) is 4.40. The van der Waals surface area contributed by atoms with E-state index in [4.69, 9.17) is 18.0 Å². The highest BCUT2D eigenvalue weighted by Gasteiger charge is 2.07. The zero-order valence-corrected chi connectivity index (χ0v) is 13.7. The zero-order valence-electron chi connectivity index (χ0n) is 12.9. The van der Waals surface area contributed by atoms with Crippen molar-refractivity contribution in [2.24, 2.45) is 5.73 Å². The quantitative estimate of drug-likeness (QED) is 0.497. The first-order valence-corrected chi connectivity index (χ1v) is 8.24. The van der Waals surface area contributed by atoms with E-state index in [9.17, 15) is 4.79 Å². The van der Waals surface area contributed by atoms with Gasteiger partial charge in [0.25, 0.3) is 0 Å². The maximum atomic E-state index is 11.9. The molecule has 0 spiro atoms. The van der Waals surface area contributed by atoms with Crippen molar-refractivity contribution < 1.29 is 4.79 Å². The molecule has 0 fully saturated rings. The van der Waals surface area contributed by atoms with Crippen molar-refractivity contribution in [2.75, 3.05) is 5.32 Å². The summed E-state index contributed by atoms with van der Waals surface area (Å²) in [5.41, 5.74) is 7.08. The highest BCUT2D eigenvalue weighted by Crippen LogP contribution is 2.16. The molecule has 0 atom stereocenters. The van der Waals surface area contributed by atoms with Gasteiger partial charge in [-0.25, -0.2) is 0 Å². The van der Waals surface area contributed by atoms with Gasteiger partial charge in [0.1, 0.15) is 4.99 Å². The average Bonchev–Trinajstić information content (AvgIpc) is 2.46. The number of hydrogen-bond acceptors (Lipinski definition) is 2. The van der Waals surface area contributed by atoms with Gasteiger partial charge in [0, 0.05) is 12.0 Å². The molecule has 0 aliphatic carbocycles. The second-order valence-corrected chi connectivity index (χ2v) is 5.77. The molecule has 4 heteroatoms. The van der Waals surface area contributed by atoms with Gasteiger partial charge in [-0.2, -0.15) is 0 Å². The Labute approximate surface area is 133 Å². The molecule has 21 heavy (non-hydrogen) atoms. The van der Waals surface area contributed by atoms with Gasteiger partial charge in [0.15, 0.2) is 0 Å². The SMILES string of the molecule is CCCCCCCCCC(=O)Nc1ccccc1C(N)=S. The monoisotopic (exact) mass is 306 g/mol. The van der Waals surface area contributed by atoms with E-state index in [1.165, 1.54) is 32.1 Å². The van der Waals surface area contributed by atoms with Crippen molar-refractivity contribution in [3.8, 4) is 0 Å². The van der Waals surface area contributed by atoms with Crippen molar-refractivity contribution in [3.05, 3.63) is 29.8 Å². The van der Waals surface area contributed by atoms with Crippen LogP contribution in [0, 0.1) is 0 Å². The van der Waals surface area contributed by atoms with E-state index in [1.807, 2.05) is 24.3 Å². The third-order valence-corrected chi connectivity index (χ3v) is 3.69. The Morgan fingerprint density at radius 3 is 2.38 bits per heavy atom. The van der Waals surface area contributed by atoms with Crippen molar-refractivity contribution in [1.82, 2.24) is 0 Å². The number of anilines is 1. The highest BCUT2D eigenvalue weighted by molar-refractivity contribution is 7.80. The van der Waals surface area contributed by atoms with Crippen LogP contribution in [0.4, 0.5) is 5.69 Å². The number of carbonyl (C=O) groups is 1. The van der Waals surface area contributed by atoms with Gasteiger partial charge >= 0.3 is 0 Å². The minimum Gasteiger partial charge on any atom is -0.389 e. The molecule has 1 rings (SSSR count). The van der Waals surface area contributed by atoms with Crippen LogP contribution in [0.25, 0.3) is 0 Å². The minimum atomic E-state index is 0.0345. The lowest BCUT2D eigenvalue weighted by molar-refractivity contribution is -0.116. The lowest BCUT2D eigenvalue weighted by Gasteiger charge is -2.09. The normalized spacial score (nSPS) is 10.3. The molecule has 3 nitrogen and oxygen atoms in total. The summed E-state index contributed by atoms with van der Waals surface area (Å²) in [5, 5.41) is 2.90. The Morgan fingerprint density at radius 1 is 1.10 bits per heavy atom. The summed E-state index contributed by atoms with van der Waals surface area (Å²) in [6, 6.07) is 7.38. The Hall–Kier alpha value is -1.42. The van der Waals surface area contributed by atoms with Crippen LogP contribution >= 0.6 is 12.2 Å². The molecular formula is C17H26N2OS. The number of hydrogen-bond donors (Lipinski definition) is 2. The molecule has 0 unspecified atom stereocenters. The van der Waals surface area contributed by atoms with Gasteiger partial charge < -0.3 is 11.1 Å². The number of amides is 1. The predicted molar refractivity (Wildman–Crippen MR) is 93.6 cm³/mol. The van der Waals surface area contributed by atoms with Crippen LogP contribution in [0.3, 0.4) is 0 Å². The van der Waals surface area contributed by atoms with Crippen LogP contribution in [0.15, 0.2) is 24.3 Å². The van der Waals surface area contributed by atoms with Crippen LogP contribution in [0.1, 0.15) is 63.9 Å². The number of nitrogens with two attached hydrogens (primary N) is 1. The summed E-state index contributed by atoms with van der Waals surface area (Å²) >= 11 is 4.99. The molecule has 0 aliphatic rings. The van der Waals surface area contributed by atoms with E-state index in [0.29, 0.717) is 17.1 Å². The van der Waals surface area contributed by atoms with Gasteiger partial charge in [-0.15, -0.1) is 0 Å². The van der Waals surface area contributed by atoms with Gasteiger partial charge in [-0.3, -0.25) is 4.79 Å². The molecule has 0 aromatic heterocycles. The first-order chi connectivity index (χ1) is 10.1. The summed E-state index contributed by atoms with van der Waals surface area (Å²) in [6.07, 6.45) is 9.00. The van der Waals surface area contributed by atoms with Crippen LogP contribution < -0.4 is 11.1 Å². The summed E-state index contributed by atoms with van der Waals surface area (Å²) in [4.78, 5) is 12.2. The molecule has 1 aromatic rings. The maximum Gasteiger partial charge on any atom is 0.224 e. The summed E-state index contributed by atoms with van der Waals surface area (Å²) in [6.45, 7) is 2.22. The summed E-state index contributed by atoms with van der Waals surface area (Å²) in [5.74, 6) is 0.0345.